The Labute approximate surface area is 168 Å². The molecule has 0 radical (unpaired) electrons. The van der Waals surface area contributed by atoms with E-state index in [1.807, 2.05) is 24.3 Å². The molecule has 1 unspecified atom stereocenters. The molecule has 1 atom stereocenters. The van der Waals surface area contributed by atoms with Crippen molar-refractivity contribution in [1.29, 1.82) is 0 Å². The lowest BCUT2D eigenvalue weighted by Gasteiger charge is -2.34. The van der Waals surface area contributed by atoms with Crippen molar-refractivity contribution in [2.75, 3.05) is 29.9 Å². The summed E-state index contributed by atoms with van der Waals surface area (Å²) in [5.41, 5.74) is 1.38. The highest BCUT2D eigenvalue weighted by molar-refractivity contribution is 6.01. The van der Waals surface area contributed by atoms with Gasteiger partial charge in [0.25, 0.3) is 0 Å². The highest BCUT2D eigenvalue weighted by Crippen LogP contribution is 2.38. The van der Waals surface area contributed by atoms with Crippen molar-refractivity contribution >= 4 is 29.1 Å². The molecule has 5 rings (SSSR count). The zero-order chi connectivity index (χ0) is 20.0. The molecule has 3 heterocycles. The summed E-state index contributed by atoms with van der Waals surface area (Å²) >= 11 is 0. The van der Waals surface area contributed by atoms with E-state index in [4.69, 9.17) is 4.74 Å². The molecule has 1 N–H and O–H groups in total. The molecular formula is C22H21N3O4. The maximum Gasteiger partial charge on any atom is 0.321 e. The minimum Gasteiger partial charge on any atom is -0.484 e. The van der Waals surface area contributed by atoms with Crippen LogP contribution in [-0.4, -0.2) is 47.9 Å². The number of Topliss-reactive ketones (excluding diaryl/α,β-unsaturated/α-hetero) is 1. The summed E-state index contributed by atoms with van der Waals surface area (Å²) in [4.78, 5) is 40.4. The molecule has 0 bridgehead atoms. The van der Waals surface area contributed by atoms with E-state index in [1.165, 1.54) is 0 Å². The largest absolute Gasteiger partial charge is 0.484 e. The van der Waals surface area contributed by atoms with E-state index in [0.717, 1.165) is 5.69 Å². The standard InChI is InChI=1S/C22H21N3O4/c26-18-13-22(29-19-7-2-1-6-17(18)19)9-11-24(14-22)21(28)23-15-4-3-5-16(12-15)25-10-8-20(25)27/h1-7,12H,8-11,13-14H2,(H,23,28). The smallest absolute Gasteiger partial charge is 0.321 e. The van der Waals surface area contributed by atoms with Crippen LogP contribution in [0, 0.1) is 0 Å². The fourth-order valence-electron chi connectivity index (χ4n) is 4.23. The fourth-order valence-corrected chi connectivity index (χ4v) is 4.23. The highest BCUT2D eigenvalue weighted by Gasteiger charge is 2.47. The number of likely N-dealkylation sites (tertiary alicyclic amines) is 1. The van der Waals surface area contributed by atoms with Gasteiger partial charge in [-0.2, -0.15) is 0 Å². The molecule has 29 heavy (non-hydrogen) atoms. The van der Waals surface area contributed by atoms with E-state index in [1.54, 1.807) is 34.1 Å². The minimum absolute atomic E-state index is 0.0565. The number of rotatable bonds is 2. The molecule has 0 saturated carbocycles. The number of fused-ring (bicyclic) bond motifs is 1. The summed E-state index contributed by atoms with van der Waals surface area (Å²) in [5, 5.41) is 2.90. The van der Waals surface area contributed by atoms with Crippen LogP contribution in [0.5, 0.6) is 5.75 Å². The number of carbonyl (C=O) groups is 3. The average Bonchev–Trinajstić information content (AvgIpc) is 3.10. The minimum atomic E-state index is -0.658. The molecule has 0 aromatic heterocycles. The molecule has 2 fully saturated rings. The van der Waals surface area contributed by atoms with E-state index in [0.29, 0.717) is 49.5 Å². The Balaban J connectivity index is 1.28. The first-order valence-corrected chi connectivity index (χ1v) is 9.81. The average molecular weight is 391 g/mol. The maximum absolute atomic E-state index is 12.8. The number of urea groups is 1. The Kier molecular flexibility index (Phi) is 4.04. The van der Waals surface area contributed by atoms with Crippen LogP contribution in [0.4, 0.5) is 16.2 Å². The predicted octanol–water partition coefficient (Wildman–Crippen LogP) is 3.07. The highest BCUT2D eigenvalue weighted by atomic mass is 16.5. The number of carbonyl (C=O) groups excluding carboxylic acids is 3. The molecule has 2 aromatic rings. The van der Waals surface area contributed by atoms with E-state index in [-0.39, 0.29) is 24.1 Å². The van der Waals surface area contributed by atoms with Crippen molar-refractivity contribution in [2.45, 2.75) is 24.9 Å². The Morgan fingerprint density at radius 1 is 1.07 bits per heavy atom. The number of benzene rings is 2. The van der Waals surface area contributed by atoms with Gasteiger partial charge in [-0.15, -0.1) is 0 Å². The van der Waals surface area contributed by atoms with Crippen molar-refractivity contribution < 1.29 is 19.1 Å². The predicted molar refractivity (Wildman–Crippen MR) is 107 cm³/mol. The molecule has 7 heteroatoms. The van der Waals surface area contributed by atoms with Gasteiger partial charge in [0.2, 0.25) is 5.91 Å². The van der Waals surface area contributed by atoms with E-state index in [2.05, 4.69) is 5.32 Å². The first-order chi connectivity index (χ1) is 14.0. The summed E-state index contributed by atoms with van der Waals surface area (Å²) < 4.78 is 6.18. The number of nitrogens with zero attached hydrogens (tertiary/aromatic N) is 2. The number of nitrogens with one attached hydrogen (secondary N) is 1. The van der Waals surface area contributed by atoms with E-state index >= 15 is 0 Å². The lowest BCUT2D eigenvalue weighted by Crippen LogP contribution is -2.46. The van der Waals surface area contributed by atoms with Crippen molar-refractivity contribution in [1.82, 2.24) is 4.90 Å². The molecule has 3 aliphatic rings. The van der Waals surface area contributed by atoms with Crippen LogP contribution in [0.1, 0.15) is 29.6 Å². The molecule has 1 spiro atoms. The first-order valence-electron chi connectivity index (χ1n) is 9.81. The van der Waals surface area contributed by atoms with Crippen molar-refractivity contribution in [3.05, 3.63) is 54.1 Å². The number of hydrogen-bond donors (Lipinski definition) is 1. The normalized spacial score (nSPS) is 22.9. The fraction of sp³-hybridized carbons (Fsp3) is 0.318. The van der Waals surface area contributed by atoms with Gasteiger partial charge in [-0.05, 0) is 30.3 Å². The van der Waals surface area contributed by atoms with Crippen molar-refractivity contribution in [2.24, 2.45) is 0 Å². The second-order valence-electron chi connectivity index (χ2n) is 7.83. The number of ketones is 1. The third-order valence-electron chi connectivity index (χ3n) is 5.86. The molecule has 0 aliphatic carbocycles. The lowest BCUT2D eigenvalue weighted by molar-refractivity contribution is -0.122. The zero-order valence-electron chi connectivity index (χ0n) is 15.9. The summed E-state index contributed by atoms with van der Waals surface area (Å²) in [5.74, 6) is 0.744. The summed E-state index contributed by atoms with van der Waals surface area (Å²) in [7, 11) is 0. The molecule has 3 amide bonds. The van der Waals surface area contributed by atoms with Gasteiger partial charge < -0.3 is 19.9 Å². The zero-order valence-corrected chi connectivity index (χ0v) is 15.9. The molecule has 148 valence electrons. The van der Waals surface area contributed by atoms with Crippen LogP contribution in [-0.2, 0) is 4.79 Å². The molecule has 7 nitrogen and oxygen atoms in total. The van der Waals surface area contributed by atoms with E-state index < -0.39 is 5.60 Å². The number of amides is 3. The summed E-state index contributed by atoms with van der Waals surface area (Å²) in [6.07, 6.45) is 1.46. The second-order valence-corrected chi connectivity index (χ2v) is 7.83. The first kappa shape index (κ1) is 17.7. The Bertz CT molecular complexity index is 1020. The van der Waals surface area contributed by atoms with Crippen molar-refractivity contribution in [3.8, 4) is 5.75 Å². The lowest BCUT2D eigenvalue weighted by atomic mass is 9.89. The van der Waals surface area contributed by atoms with Crippen LogP contribution in [0.25, 0.3) is 0 Å². The van der Waals surface area contributed by atoms with Crippen LogP contribution < -0.4 is 15.0 Å². The Morgan fingerprint density at radius 2 is 1.93 bits per heavy atom. The summed E-state index contributed by atoms with van der Waals surface area (Å²) in [6.45, 7) is 1.59. The number of ether oxygens (including phenoxy) is 1. The number of β-lactam (4-membered cyclic amide) rings is 1. The van der Waals surface area contributed by atoms with Crippen LogP contribution in [0.2, 0.25) is 0 Å². The van der Waals surface area contributed by atoms with Crippen LogP contribution >= 0.6 is 0 Å². The third kappa shape index (κ3) is 3.12. The van der Waals surface area contributed by atoms with Gasteiger partial charge in [0.05, 0.1) is 18.5 Å². The van der Waals surface area contributed by atoms with Gasteiger partial charge in [-0.3, -0.25) is 9.59 Å². The van der Waals surface area contributed by atoms with Crippen molar-refractivity contribution in [3.63, 3.8) is 0 Å². The van der Waals surface area contributed by atoms with Gasteiger partial charge in [-0.25, -0.2) is 4.79 Å². The molecule has 2 aromatic carbocycles. The Hall–Kier alpha value is -3.35. The molecule has 3 aliphatic heterocycles. The number of para-hydroxylation sites is 1. The summed E-state index contributed by atoms with van der Waals surface area (Å²) in [6, 6.07) is 14.3. The van der Waals surface area contributed by atoms with Gasteiger partial charge in [0, 0.05) is 37.3 Å². The van der Waals surface area contributed by atoms with Crippen LogP contribution in [0.3, 0.4) is 0 Å². The van der Waals surface area contributed by atoms with Gasteiger partial charge >= 0.3 is 6.03 Å². The maximum atomic E-state index is 12.8. The molecule has 2 saturated heterocycles. The second kappa shape index (κ2) is 6.62. The third-order valence-corrected chi connectivity index (χ3v) is 5.86. The van der Waals surface area contributed by atoms with Gasteiger partial charge in [0.15, 0.2) is 5.78 Å². The topological polar surface area (TPSA) is 79.0 Å². The van der Waals surface area contributed by atoms with E-state index in [9.17, 15) is 14.4 Å². The van der Waals surface area contributed by atoms with Crippen LogP contribution in [0.15, 0.2) is 48.5 Å². The number of hydrogen-bond acceptors (Lipinski definition) is 4. The van der Waals surface area contributed by atoms with Gasteiger partial charge in [0.1, 0.15) is 11.4 Å². The number of anilines is 2. The quantitative estimate of drug-likeness (QED) is 0.798. The monoisotopic (exact) mass is 391 g/mol. The SMILES string of the molecule is O=C1CC2(CCN(C(=O)Nc3cccc(N4CCC4=O)c3)C2)Oc2ccccc21. The van der Waals surface area contributed by atoms with Gasteiger partial charge in [-0.1, -0.05) is 18.2 Å². The molecular weight excluding hydrogens is 370 g/mol. The Morgan fingerprint density at radius 3 is 2.72 bits per heavy atom.